The third kappa shape index (κ3) is 3.22. The summed E-state index contributed by atoms with van der Waals surface area (Å²) in [6.45, 7) is 0. The van der Waals surface area contributed by atoms with Crippen molar-refractivity contribution < 1.29 is 4.74 Å². The molecule has 0 saturated heterocycles. The number of methoxy groups -OCH3 is 1. The summed E-state index contributed by atoms with van der Waals surface area (Å²) >= 11 is 3.56. The van der Waals surface area contributed by atoms with Gasteiger partial charge in [0, 0.05) is 10.5 Å². The van der Waals surface area contributed by atoms with Gasteiger partial charge in [0.15, 0.2) is 0 Å². The SMILES string of the molecule is COc1ccc(Br)c(CC(N)CC2CC2)c1. The van der Waals surface area contributed by atoms with Gasteiger partial charge in [-0.3, -0.25) is 0 Å². The van der Waals surface area contributed by atoms with Crippen LogP contribution in [0.3, 0.4) is 0 Å². The van der Waals surface area contributed by atoms with Crippen molar-refractivity contribution in [2.45, 2.75) is 31.7 Å². The maximum Gasteiger partial charge on any atom is 0.119 e. The molecule has 0 heterocycles. The lowest BCUT2D eigenvalue weighted by Gasteiger charge is -2.13. The molecule has 0 bridgehead atoms. The Balaban J connectivity index is 2.00. The summed E-state index contributed by atoms with van der Waals surface area (Å²) < 4.78 is 6.35. The standard InChI is InChI=1S/C13H18BrNO/c1-16-12-4-5-13(14)10(8-12)7-11(15)6-9-2-3-9/h4-5,8-9,11H,2-3,6-7,15H2,1H3. The van der Waals surface area contributed by atoms with Crippen LogP contribution in [-0.4, -0.2) is 13.2 Å². The van der Waals surface area contributed by atoms with Crippen molar-refractivity contribution in [1.29, 1.82) is 0 Å². The lowest BCUT2D eigenvalue weighted by molar-refractivity contribution is 0.414. The predicted octanol–water partition coefficient (Wildman–Crippen LogP) is 3.13. The second kappa shape index (κ2) is 5.19. The topological polar surface area (TPSA) is 35.2 Å². The van der Waals surface area contributed by atoms with Crippen LogP contribution in [0.15, 0.2) is 22.7 Å². The Kier molecular flexibility index (Phi) is 3.87. The fraction of sp³-hybridized carbons (Fsp3) is 0.538. The van der Waals surface area contributed by atoms with Gasteiger partial charge >= 0.3 is 0 Å². The Bertz CT molecular complexity index is 363. The summed E-state index contributed by atoms with van der Waals surface area (Å²) in [5.74, 6) is 1.79. The van der Waals surface area contributed by atoms with Gasteiger partial charge in [0.1, 0.15) is 5.75 Å². The Hall–Kier alpha value is -0.540. The summed E-state index contributed by atoms with van der Waals surface area (Å²) in [6, 6.07) is 6.32. The van der Waals surface area contributed by atoms with Crippen molar-refractivity contribution in [1.82, 2.24) is 0 Å². The minimum absolute atomic E-state index is 0.274. The molecule has 1 aliphatic carbocycles. The molecule has 0 spiro atoms. The van der Waals surface area contributed by atoms with Crippen molar-refractivity contribution in [3.8, 4) is 5.75 Å². The molecule has 0 amide bonds. The van der Waals surface area contributed by atoms with Crippen LogP contribution in [0.1, 0.15) is 24.8 Å². The first-order valence-electron chi connectivity index (χ1n) is 5.77. The first-order chi connectivity index (χ1) is 7.69. The van der Waals surface area contributed by atoms with Gasteiger partial charge in [0.05, 0.1) is 7.11 Å². The average molecular weight is 284 g/mol. The van der Waals surface area contributed by atoms with Crippen LogP contribution < -0.4 is 10.5 Å². The van der Waals surface area contributed by atoms with Gasteiger partial charge in [-0.15, -0.1) is 0 Å². The van der Waals surface area contributed by atoms with E-state index in [4.69, 9.17) is 10.5 Å². The van der Waals surface area contributed by atoms with E-state index in [9.17, 15) is 0 Å². The monoisotopic (exact) mass is 283 g/mol. The Labute approximate surface area is 105 Å². The van der Waals surface area contributed by atoms with Crippen LogP contribution in [0.25, 0.3) is 0 Å². The number of ether oxygens (including phenoxy) is 1. The number of hydrogen-bond acceptors (Lipinski definition) is 2. The summed E-state index contributed by atoms with van der Waals surface area (Å²) in [4.78, 5) is 0. The zero-order chi connectivity index (χ0) is 11.5. The first-order valence-corrected chi connectivity index (χ1v) is 6.56. The number of rotatable bonds is 5. The van der Waals surface area contributed by atoms with Crippen LogP contribution >= 0.6 is 15.9 Å². The van der Waals surface area contributed by atoms with E-state index in [0.717, 1.165) is 29.0 Å². The highest BCUT2D eigenvalue weighted by Gasteiger charge is 2.24. The summed E-state index contributed by atoms with van der Waals surface area (Å²) in [6.07, 6.45) is 4.82. The largest absolute Gasteiger partial charge is 0.497 e. The molecule has 1 fully saturated rings. The molecule has 2 nitrogen and oxygen atoms in total. The van der Waals surface area contributed by atoms with Crippen molar-refractivity contribution in [3.05, 3.63) is 28.2 Å². The molecule has 2 N–H and O–H groups in total. The quantitative estimate of drug-likeness (QED) is 0.901. The van der Waals surface area contributed by atoms with E-state index in [1.54, 1.807) is 7.11 Å². The van der Waals surface area contributed by atoms with Gasteiger partial charge in [-0.1, -0.05) is 28.8 Å². The third-order valence-corrected chi connectivity index (χ3v) is 3.84. The Morgan fingerprint density at radius 3 is 2.88 bits per heavy atom. The van der Waals surface area contributed by atoms with Gasteiger partial charge in [-0.05, 0) is 42.5 Å². The molecular formula is C13H18BrNO. The number of nitrogens with two attached hydrogens (primary N) is 1. The average Bonchev–Trinajstić information content (AvgIpc) is 3.05. The molecule has 1 saturated carbocycles. The van der Waals surface area contributed by atoms with Crippen molar-refractivity contribution in [2.24, 2.45) is 11.7 Å². The molecule has 0 radical (unpaired) electrons. The fourth-order valence-corrected chi connectivity index (χ4v) is 2.39. The van der Waals surface area contributed by atoms with E-state index in [0.29, 0.717) is 0 Å². The van der Waals surface area contributed by atoms with Crippen LogP contribution in [0.4, 0.5) is 0 Å². The normalized spacial score (nSPS) is 17.2. The zero-order valence-corrected chi connectivity index (χ0v) is 11.2. The number of halogens is 1. The third-order valence-electron chi connectivity index (χ3n) is 3.07. The highest BCUT2D eigenvalue weighted by Crippen LogP contribution is 2.34. The lowest BCUT2D eigenvalue weighted by atomic mass is 10.0. The molecule has 1 atom stereocenters. The minimum Gasteiger partial charge on any atom is -0.497 e. The van der Waals surface area contributed by atoms with E-state index in [2.05, 4.69) is 22.0 Å². The Morgan fingerprint density at radius 2 is 2.25 bits per heavy atom. The van der Waals surface area contributed by atoms with Crippen molar-refractivity contribution in [2.75, 3.05) is 7.11 Å². The van der Waals surface area contributed by atoms with Crippen molar-refractivity contribution in [3.63, 3.8) is 0 Å². The molecular weight excluding hydrogens is 266 g/mol. The van der Waals surface area contributed by atoms with E-state index in [1.165, 1.54) is 18.4 Å². The molecule has 2 rings (SSSR count). The highest BCUT2D eigenvalue weighted by atomic mass is 79.9. The molecule has 0 aliphatic heterocycles. The molecule has 1 aromatic carbocycles. The molecule has 0 aromatic heterocycles. The predicted molar refractivity (Wildman–Crippen MR) is 69.7 cm³/mol. The van der Waals surface area contributed by atoms with Crippen LogP contribution in [0, 0.1) is 5.92 Å². The van der Waals surface area contributed by atoms with Crippen LogP contribution in [0.2, 0.25) is 0 Å². The molecule has 1 aromatic rings. The number of benzene rings is 1. The van der Waals surface area contributed by atoms with Crippen LogP contribution in [-0.2, 0) is 6.42 Å². The van der Waals surface area contributed by atoms with E-state index >= 15 is 0 Å². The molecule has 1 aliphatic rings. The second-order valence-corrected chi connectivity index (χ2v) is 5.45. The van der Waals surface area contributed by atoms with Crippen molar-refractivity contribution >= 4 is 15.9 Å². The number of hydrogen-bond donors (Lipinski definition) is 1. The summed E-state index contributed by atoms with van der Waals surface area (Å²) in [5.41, 5.74) is 7.39. The van der Waals surface area contributed by atoms with Gasteiger partial charge in [0.2, 0.25) is 0 Å². The Morgan fingerprint density at radius 1 is 1.50 bits per heavy atom. The van der Waals surface area contributed by atoms with Gasteiger partial charge in [-0.2, -0.15) is 0 Å². The maximum absolute atomic E-state index is 6.15. The molecule has 1 unspecified atom stereocenters. The summed E-state index contributed by atoms with van der Waals surface area (Å²) in [7, 11) is 1.69. The smallest absolute Gasteiger partial charge is 0.119 e. The summed E-state index contributed by atoms with van der Waals surface area (Å²) in [5, 5.41) is 0. The van der Waals surface area contributed by atoms with E-state index < -0.39 is 0 Å². The molecule has 3 heteroatoms. The van der Waals surface area contributed by atoms with Gasteiger partial charge < -0.3 is 10.5 Å². The molecule has 88 valence electrons. The zero-order valence-electron chi connectivity index (χ0n) is 9.58. The minimum atomic E-state index is 0.274. The highest BCUT2D eigenvalue weighted by molar-refractivity contribution is 9.10. The van der Waals surface area contributed by atoms with E-state index in [1.807, 2.05) is 12.1 Å². The van der Waals surface area contributed by atoms with Crippen LogP contribution in [0.5, 0.6) is 5.75 Å². The lowest BCUT2D eigenvalue weighted by Crippen LogP contribution is -2.23. The second-order valence-electron chi connectivity index (χ2n) is 4.60. The van der Waals surface area contributed by atoms with E-state index in [-0.39, 0.29) is 6.04 Å². The fourth-order valence-electron chi connectivity index (χ4n) is 1.98. The maximum atomic E-state index is 6.15. The van der Waals surface area contributed by atoms with Gasteiger partial charge in [0.25, 0.3) is 0 Å². The first kappa shape index (κ1) is 11.9. The molecule has 16 heavy (non-hydrogen) atoms. The van der Waals surface area contributed by atoms with Gasteiger partial charge in [-0.25, -0.2) is 0 Å².